The Balaban J connectivity index is 2.37. The lowest BCUT2D eigenvalue weighted by Gasteiger charge is -2.10. The number of rotatable bonds is 2. The molecule has 2 rings (SSSR count). The summed E-state index contributed by atoms with van der Waals surface area (Å²) < 4.78 is 14.8. The number of anilines is 1. The van der Waals surface area contributed by atoms with E-state index < -0.39 is 17.5 Å². The van der Waals surface area contributed by atoms with Crippen molar-refractivity contribution in [3.05, 3.63) is 56.7 Å². The Hall–Kier alpha value is -1.40. The Morgan fingerprint density at radius 1 is 1.11 bits per heavy atom. The van der Waals surface area contributed by atoms with Crippen LogP contribution in [0.15, 0.2) is 45.3 Å². The Bertz CT molecular complexity index is 606. The highest BCUT2D eigenvalue weighted by Crippen LogP contribution is 2.31. The van der Waals surface area contributed by atoms with Gasteiger partial charge < -0.3 is 10.4 Å². The van der Waals surface area contributed by atoms with Gasteiger partial charge >= 0.3 is 0 Å². The normalized spacial score (nSPS) is 10.3. The van der Waals surface area contributed by atoms with Crippen molar-refractivity contribution in [2.24, 2.45) is 0 Å². The molecule has 2 aromatic rings. The molecule has 0 aliphatic heterocycles. The van der Waals surface area contributed by atoms with Crippen LogP contribution in [0.1, 0.15) is 10.4 Å². The Morgan fingerprint density at radius 2 is 1.68 bits per heavy atom. The fourth-order valence-electron chi connectivity index (χ4n) is 1.53. The van der Waals surface area contributed by atoms with E-state index in [-0.39, 0.29) is 5.56 Å². The minimum absolute atomic E-state index is 0.384. The zero-order valence-corrected chi connectivity index (χ0v) is 12.6. The summed E-state index contributed by atoms with van der Waals surface area (Å²) in [5, 5.41) is 12.1. The summed E-state index contributed by atoms with van der Waals surface area (Å²) in [6, 6.07) is 8.96. The Kier molecular flexibility index (Phi) is 4.21. The van der Waals surface area contributed by atoms with Crippen LogP contribution in [0.4, 0.5) is 10.1 Å². The first-order valence-electron chi connectivity index (χ1n) is 5.23. The molecular weight excluding hydrogens is 381 g/mol. The molecule has 0 aliphatic rings. The summed E-state index contributed by atoms with van der Waals surface area (Å²) in [5.41, 5.74) is 0.0836. The lowest BCUT2D eigenvalue weighted by Crippen LogP contribution is -2.14. The number of nitrogens with one attached hydrogen (secondary N) is 1. The number of para-hydroxylation sites is 1. The lowest BCUT2D eigenvalue weighted by atomic mass is 10.1. The minimum atomic E-state index is -0.777. The number of phenolic OH excluding ortho intramolecular Hbond substituents is 1. The maximum absolute atomic E-state index is 13.6. The molecule has 0 spiro atoms. The van der Waals surface area contributed by atoms with Crippen molar-refractivity contribution >= 4 is 43.5 Å². The lowest BCUT2D eigenvalue weighted by molar-refractivity contribution is 0.102. The van der Waals surface area contributed by atoms with Crippen LogP contribution >= 0.6 is 31.9 Å². The van der Waals surface area contributed by atoms with E-state index in [2.05, 4.69) is 37.2 Å². The highest BCUT2D eigenvalue weighted by molar-refractivity contribution is 9.11. The van der Waals surface area contributed by atoms with Gasteiger partial charge in [0.05, 0.1) is 5.69 Å². The molecule has 2 aromatic carbocycles. The molecule has 6 heteroatoms. The third-order valence-corrected chi connectivity index (χ3v) is 3.74. The molecule has 0 fully saturated rings. The van der Waals surface area contributed by atoms with Crippen molar-refractivity contribution in [3.8, 4) is 5.75 Å². The average molecular weight is 389 g/mol. The topological polar surface area (TPSA) is 49.3 Å². The molecule has 0 saturated heterocycles. The number of amides is 1. The summed E-state index contributed by atoms with van der Waals surface area (Å²) in [7, 11) is 0. The van der Waals surface area contributed by atoms with Crippen molar-refractivity contribution < 1.29 is 14.3 Å². The van der Waals surface area contributed by atoms with Gasteiger partial charge in [-0.05, 0) is 56.1 Å². The molecule has 0 saturated carbocycles. The van der Waals surface area contributed by atoms with E-state index >= 15 is 0 Å². The smallest absolute Gasteiger partial charge is 0.262 e. The van der Waals surface area contributed by atoms with Gasteiger partial charge in [-0.1, -0.05) is 12.1 Å². The van der Waals surface area contributed by atoms with E-state index in [1.165, 1.54) is 12.1 Å². The number of benzene rings is 2. The molecule has 0 aliphatic carbocycles. The largest absolute Gasteiger partial charge is 0.507 e. The second-order valence-corrected chi connectivity index (χ2v) is 5.39. The van der Waals surface area contributed by atoms with Gasteiger partial charge in [-0.2, -0.15) is 0 Å². The fourth-order valence-corrected chi connectivity index (χ4v) is 2.73. The number of carbonyl (C=O) groups is 1. The molecule has 0 unspecified atom stereocenters. The molecule has 98 valence electrons. The molecule has 19 heavy (non-hydrogen) atoms. The van der Waals surface area contributed by atoms with Crippen LogP contribution in [0.25, 0.3) is 0 Å². The van der Waals surface area contributed by atoms with Crippen LogP contribution in [-0.2, 0) is 0 Å². The Labute approximate surface area is 125 Å². The van der Waals surface area contributed by atoms with Gasteiger partial charge in [0.15, 0.2) is 0 Å². The first-order valence-corrected chi connectivity index (χ1v) is 6.82. The molecular formula is C13H8Br2FNO2. The molecule has 3 nitrogen and oxygen atoms in total. The molecule has 0 aromatic heterocycles. The summed E-state index contributed by atoms with van der Waals surface area (Å²) in [6.45, 7) is 0. The van der Waals surface area contributed by atoms with E-state index in [1.807, 2.05) is 0 Å². The second-order valence-electron chi connectivity index (χ2n) is 3.68. The second kappa shape index (κ2) is 5.71. The highest BCUT2D eigenvalue weighted by atomic mass is 79.9. The summed E-state index contributed by atoms with van der Waals surface area (Å²) in [4.78, 5) is 12.0. The maximum atomic E-state index is 13.6. The van der Waals surface area contributed by atoms with Crippen molar-refractivity contribution in [2.45, 2.75) is 0 Å². The van der Waals surface area contributed by atoms with E-state index in [0.29, 0.717) is 14.6 Å². The van der Waals surface area contributed by atoms with Crippen LogP contribution in [0.3, 0.4) is 0 Å². The Morgan fingerprint density at radius 3 is 2.26 bits per heavy atom. The average Bonchev–Trinajstić information content (AvgIpc) is 2.34. The van der Waals surface area contributed by atoms with Gasteiger partial charge in [0.25, 0.3) is 5.91 Å². The number of carbonyl (C=O) groups excluding carboxylic acids is 1. The van der Waals surface area contributed by atoms with Crippen LogP contribution in [0.5, 0.6) is 5.75 Å². The van der Waals surface area contributed by atoms with E-state index in [0.717, 1.165) is 6.07 Å². The van der Waals surface area contributed by atoms with Crippen LogP contribution in [0.2, 0.25) is 0 Å². The monoisotopic (exact) mass is 387 g/mol. The van der Waals surface area contributed by atoms with Gasteiger partial charge in [-0.3, -0.25) is 4.79 Å². The van der Waals surface area contributed by atoms with Gasteiger partial charge in [0.1, 0.15) is 17.1 Å². The van der Waals surface area contributed by atoms with Crippen molar-refractivity contribution in [2.75, 3.05) is 5.32 Å². The van der Waals surface area contributed by atoms with E-state index in [1.54, 1.807) is 18.2 Å². The first-order chi connectivity index (χ1) is 9.00. The molecule has 0 radical (unpaired) electrons. The molecule has 2 N–H and O–H groups in total. The summed E-state index contributed by atoms with van der Waals surface area (Å²) in [6.07, 6.45) is 0. The highest BCUT2D eigenvalue weighted by Gasteiger charge is 2.18. The van der Waals surface area contributed by atoms with Crippen LogP contribution in [-0.4, -0.2) is 11.0 Å². The van der Waals surface area contributed by atoms with Gasteiger partial charge in [0, 0.05) is 8.95 Å². The number of aromatic hydroxyl groups is 1. The van der Waals surface area contributed by atoms with E-state index in [9.17, 15) is 14.3 Å². The zero-order valence-electron chi connectivity index (χ0n) is 9.45. The predicted molar refractivity (Wildman–Crippen MR) is 77.9 cm³/mol. The number of hydrogen-bond acceptors (Lipinski definition) is 2. The quantitative estimate of drug-likeness (QED) is 0.805. The van der Waals surface area contributed by atoms with Crippen molar-refractivity contribution in [3.63, 3.8) is 0 Å². The first kappa shape index (κ1) is 14.0. The van der Waals surface area contributed by atoms with Crippen molar-refractivity contribution in [1.82, 2.24) is 0 Å². The zero-order chi connectivity index (χ0) is 14.0. The number of hydrogen-bond donors (Lipinski definition) is 2. The number of phenols is 1. The van der Waals surface area contributed by atoms with Crippen molar-refractivity contribution in [1.29, 1.82) is 0 Å². The van der Waals surface area contributed by atoms with E-state index in [4.69, 9.17) is 0 Å². The van der Waals surface area contributed by atoms with Crippen LogP contribution in [0, 0.1) is 5.82 Å². The SMILES string of the molecule is O=C(Nc1c(Br)cccc1Br)c1c(O)cccc1F. The minimum Gasteiger partial charge on any atom is -0.507 e. The van der Waals surface area contributed by atoms with Gasteiger partial charge in [0.2, 0.25) is 0 Å². The third-order valence-electron chi connectivity index (χ3n) is 2.42. The number of halogens is 3. The van der Waals surface area contributed by atoms with Gasteiger partial charge in [-0.25, -0.2) is 4.39 Å². The predicted octanol–water partition coefficient (Wildman–Crippen LogP) is 4.31. The maximum Gasteiger partial charge on any atom is 0.262 e. The summed E-state index contributed by atoms with van der Waals surface area (Å²) in [5.74, 6) is -1.90. The molecule has 0 heterocycles. The van der Waals surface area contributed by atoms with Crippen LogP contribution < -0.4 is 5.32 Å². The fraction of sp³-hybridized carbons (Fsp3) is 0. The summed E-state index contributed by atoms with van der Waals surface area (Å²) >= 11 is 6.57. The van der Waals surface area contributed by atoms with Gasteiger partial charge in [-0.15, -0.1) is 0 Å². The standard InChI is InChI=1S/C13H8Br2FNO2/c14-7-3-1-4-8(15)12(7)17-13(19)11-9(16)5-2-6-10(11)18/h1-6,18H,(H,17,19). The molecule has 0 atom stereocenters. The molecule has 1 amide bonds. The molecule has 0 bridgehead atoms. The third kappa shape index (κ3) is 2.96.